The zero-order chi connectivity index (χ0) is 13.0. The van der Waals surface area contributed by atoms with Gasteiger partial charge in [-0.3, -0.25) is 4.79 Å². The number of carbonyl (C=O) groups is 1. The number of anilines is 1. The van der Waals surface area contributed by atoms with E-state index in [9.17, 15) is 4.79 Å². The molecule has 18 heavy (non-hydrogen) atoms. The van der Waals surface area contributed by atoms with Gasteiger partial charge in [0.2, 0.25) is 5.91 Å². The molecule has 0 fully saturated rings. The number of hydrogen-bond acceptors (Lipinski definition) is 4. The van der Waals surface area contributed by atoms with Gasteiger partial charge in [-0.25, -0.2) is 0 Å². The number of furan rings is 1. The molecule has 5 nitrogen and oxygen atoms in total. The van der Waals surface area contributed by atoms with Crippen LogP contribution in [0.3, 0.4) is 0 Å². The van der Waals surface area contributed by atoms with Crippen molar-refractivity contribution < 1.29 is 13.9 Å². The van der Waals surface area contributed by atoms with Crippen LogP contribution in [0.5, 0.6) is 5.75 Å². The van der Waals surface area contributed by atoms with Gasteiger partial charge in [-0.15, -0.1) is 0 Å². The van der Waals surface area contributed by atoms with E-state index in [0.717, 1.165) is 11.3 Å². The van der Waals surface area contributed by atoms with Gasteiger partial charge >= 0.3 is 0 Å². The summed E-state index contributed by atoms with van der Waals surface area (Å²) in [6.45, 7) is 0.578. The summed E-state index contributed by atoms with van der Waals surface area (Å²) in [6.07, 6.45) is 3.26. The fraction of sp³-hybridized carbons (Fsp3) is 0.154. The molecule has 1 aromatic carbocycles. The molecule has 0 spiro atoms. The molecule has 1 heterocycles. The first-order valence-electron chi connectivity index (χ1n) is 5.43. The summed E-state index contributed by atoms with van der Waals surface area (Å²) in [5.74, 6) is 0.188. The zero-order valence-corrected chi connectivity index (χ0v) is 9.97. The third kappa shape index (κ3) is 2.63. The van der Waals surface area contributed by atoms with Gasteiger partial charge in [0.05, 0.1) is 25.3 Å². The molecule has 0 radical (unpaired) electrons. The van der Waals surface area contributed by atoms with Gasteiger partial charge in [0.15, 0.2) is 0 Å². The summed E-state index contributed by atoms with van der Waals surface area (Å²) in [5, 5.41) is 3.17. The lowest BCUT2D eigenvalue weighted by atomic mass is 10.1. The summed E-state index contributed by atoms with van der Waals surface area (Å²) in [7, 11) is 1.57. The van der Waals surface area contributed by atoms with Gasteiger partial charge in [-0.05, 0) is 24.3 Å². The van der Waals surface area contributed by atoms with Crippen LogP contribution in [-0.2, 0) is 6.54 Å². The number of nitrogens with one attached hydrogen (secondary N) is 1. The molecule has 3 N–H and O–H groups in total. The molecule has 0 saturated carbocycles. The minimum atomic E-state index is -0.469. The van der Waals surface area contributed by atoms with E-state index in [-0.39, 0.29) is 0 Å². The number of benzene rings is 1. The number of hydrogen-bond donors (Lipinski definition) is 2. The van der Waals surface area contributed by atoms with Gasteiger partial charge in [0.25, 0.3) is 0 Å². The Balaban J connectivity index is 2.18. The summed E-state index contributed by atoms with van der Waals surface area (Å²) >= 11 is 0. The molecular formula is C13H14N2O3. The van der Waals surface area contributed by atoms with E-state index in [1.54, 1.807) is 37.8 Å². The number of rotatable bonds is 5. The van der Waals surface area contributed by atoms with Crippen LogP contribution in [0.2, 0.25) is 0 Å². The number of methoxy groups -OCH3 is 1. The molecular weight excluding hydrogens is 232 g/mol. The van der Waals surface area contributed by atoms with Gasteiger partial charge < -0.3 is 20.2 Å². The molecule has 0 bridgehead atoms. The Hall–Kier alpha value is -2.43. The predicted octanol–water partition coefficient (Wildman–Crippen LogP) is 2.00. The number of primary amides is 1. The highest BCUT2D eigenvalue weighted by Crippen LogP contribution is 2.25. The van der Waals surface area contributed by atoms with Gasteiger partial charge in [0, 0.05) is 17.7 Å². The van der Waals surface area contributed by atoms with Crippen molar-refractivity contribution in [1.82, 2.24) is 0 Å². The molecule has 0 aliphatic heterocycles. The Labute approximate surface area is 105 Å². The van der Waals surface area contributed by atoms with E-state index in [1.165, 1.54) is 0 Å². The second-order valence-corrected chi connectivity index (χ2v) is 3.76. The highest BCUT2D eigenvalue weighted by molar-refractivity contribution is 5.94. The van der Waals surface area contributed by atoms with Crippen LogP contribution in [0.15, 0.2) is 41.2 Å². The SMILES string of the molecule is COc1ccc(C(N)=O)cc1NCc1ccoc1. The minimum absolute atomic E-state index is 0.436. The number of amides is 1. The summed E-state index contributed by atoms with van der Waals surface area (Å²) in [5.41, 5.74) is 7.40. The van der Waals surface area contributed by atoms with Crippen LogP contribution in [0.4, 0.5) is 5.69 Å². The summed E-state index contributed by atoms with van der Waals surface area (Å²) in [6, 6.07) is 6.86. The summed E-state index contributed by atoms with van der Waals surface area (Å²) < 4.78 is 10.2. The first-order valence-corrected chi connectivity index (χ1v) is 5.43. The van der Waals surface area contributed by atoms with Crippen molar-refractivity contribution in [1.29, 1.82) is 0 Å². The first kappa shape index (κ1) is 12.0. The van der Waals surface area contributed by atoms with Crippen LogP contribution in [0.1, 0.15) is 15.9 Å². The lowest BCUT2D eigenvalue weighted by Gasteiger charge is -2.11. The topological polar surface area (TPSA) is 77.5 Å². The molecule has 5 heteroatoms. The lowest BCUT2D eigenvalue weighted by Crippen LogP contribution is -2.11. The highest BCUT2D eigenvalue weighted by Gasteiger charge is 2.07. The second-order valence-electron chi connectivity index (χ2n) is 3.76. The third-order valence-electron chi connectivity index (χ3n) is 2.55. The molecule has 0 aliphatic rings. The summed E-state index contributed by atoms with van der Waals surface area (Å²) in [4.78, 5) is 11.1. The molecule has 94 valence electrons. The maximum atomic E-state index is 11.1. The van der Waals surface area contributed by atoms with Crippen molar-refractivity contribution in [2.75, 3.05) is 12.4 Å². The molecule has 2 rings (SSSR count). The fourth-order valence-electron chi connectivity index (χ4n) is 1.59. The Morgan fingerprint density at radius 2 is 2.28 bits per heavy atom. The fourth-order valence-corrected chi connectivity index (χ4v) is 1.59. The number of ether oxygens (including phenoxy) is 1. The van der Waals surface area contributed by atoms with E-state index < -0.39 is 5.91 Å². The number of carbonyl (C=O) groups excluding carboxylic acids is 1. The standard InChI is InChI=1S/C13H14N2O3/c1-17-12-3-2-10(13(14)16)6-11(12)15-7-9-4-5-18-8-9/h2-6,8,15H,7H2,1H3,(H2,14,16). The van der Waals surface area contributed by atoms with Crippen LogP contribution in [0, 0.1) is 0 Å². The first-order chi connectivity index (χ1) is 8.70. The van der Waals surface area contributed by atoms with Crippen molar-refractivity contribution >= 4 is 11.6 Å². The molecule has 1 amide bonds. The molecule has 0 unspecified atom stereocenters. The minimum Gasteiger partial charge on any atom is -0.495 e. The Bertz CT molecular complexity index is 535. The Morgan fingerprint density at radius 1 is 1.44 bits per heavy atom. The van der Waals surface area contributed by atoms with Crippen molar-refractivity contribution in [3.63, 3.8) is 0 Å². The van der Waals surface area contributed by atoms with Crippen LogP contribution < -0.4 is 15.8 Å². The predicted molar refractivity (Wildman–Crippen MR) is 67.5 cm³/mol. The quantitative estimate of drug-likeness (QED) is 0.845. The highest BCUT2D eigenvalue weighted by atomic mass is 16.5. The van der Waals surface area contributed by atoms with Crippen LogP contribution >= 0.6 is 0 Å². The van der Waals surface area contributed by atoms with Crippen LogP contribution in [-0.4, -0.2) is 13.0 Å². The maximum absolute atomic E-state index is 11.1. The van der Waals surface area contributed by atoms with E-state index in [4.69, 9.17) is 14.9 Å². The molecule has 1 aromatic heterocycles. The monoisotopic (exact) mass is 246 g/mol. The van der Waals surface area contributed by atoms with Gasteiger partial charge in [0.1, 0.15) is 5.75 Å². The Morgan fingerprint density at radius 3 is 2.89 bits per heavy atom. The zero-order valence-electron chi connectivity index (χ0n) is 9.97. The normalized spacial score (nSPS) is 10.1. The smallest absolute Gasteiger partial charge is 0.248 e. The molecule has 2 aromatic rings. The van der Waals surface area contributed by atoms with Crippen molar-refractivity contribution in [3.05, 3.63) is 47.9 Å². The number of nitrogens with two attached hydrogens (primary N) is 1. The van der Waals surface area contributed by atoms with E-state index in [0.29, 0.717) is 17.9 Å². The average molecular weight is 246 g/mol. The molecule has 0 atom stereocenters. The van der Waals surface area contributed by atoms with Crippen molar-refractivity contribution in [2.24, 2.45) is 5.73 Å². The van der Waals surface area contributed by atoms with Crippen LogP contribution in [0.25, 0.3) is 0 Å². The Kier molecular flexibility index (Phi) is 3.52. The van der Waals surface area contributed by atoms with Gasteiger partial charge in [-0.1, -0.05) is 0 Å². The van der Waals surface area contributed by atoms with E-state index >= 15 is 0 Å². The largest absolute Gasteiger partial charge is 0.495 e. The van der Waals surface area contributed by atoms with E-state index in [1.807, 2.05) is 6.07 Å². The average Bonchev–Trinajstić information content (AvgIpc) is 2.89. The van der Waals surface area contributed by atoms with Gasteiger partial charge in [-0.2, -0.15) is 0 Å². The van der Waals surface area contributed by atoms with Crippen molar-refractivity contribution in [3.8, 4) is 5.75 Å². The maximum Gasteiger partial charge on any atom is 0.248 e. The molecule has 0 saturated heterocycles. The third-order valence-corrected chi connectivity index (χ3v) is 2.55. The second kappa shape index (κ2) is 5.27. The lowest BCUT2D eigenvalue weighted by molar-refractivity contribution is 0.100. The van der Waals surface area contributed by atoms with E-state index in [2.05, 4.69) is 5.32 Å². The van der Waals surface area contributed by atoms with Crippen molar-refractivity contribution in [2.45, 2.75) is 6.54 Å². The molecule has 0 aliphatic carbocycles.